The molecule has 2 rings (SSSR count). The van der Waals surface area contributed by atoms with Crippen molar-refractivity contribution in [3.63, 3.8) is 0 Å². The molecule has 21 heavy (non-hydrogen) atoms. The lowest BCUT2D eigenvalue weighted by Gasteiger charge is -2.18. The van der Waals surface area contributed by atoms with Gasteiger partial charge in [0.2, 0.25) is 0 Å². The van der Waals surface area contributed by atoms with E-state index in [4.69, 9.17) is 9.84 Å². The topological polar surface area (TPSA) is 75.6 Å². The molecule has 0 aromatic heterocycles. The molecule has 0 spiro atoms. The van der Waals surface area contributed by atoms with Crippen LogP contribution in [-0.4, -0.2) is 30.1 Å². The molecule has 1 heterocycles. The van der Waals surface area contributed by atoms with Crippen LogP contribution in [0, 0.1) is 5.92 Å². The average Bonchev–Trinajstić information content (AvgIpc) is 2.46. The standard InChI is InChI=1S/C15H16BrNO4/c1-2-9(15(19)20)7-17-14(18)11-5-10-6-12(16)3-4-13(10)21-8-11/h3-6,9H,2,7-8H2,1H3,(H,17,18)(H,19,20). The van der Waals surface area contributed by atoms with Crippen LogP contribution in [0.3, 0.4) is 0 Å². The quantitative estimate of drug-likeness (QED) is 0.852. The van der Waals surface area contributed by atoms with Crippen molar-refractivity contribution >= 4 is 33.9 Å². The minimum Gasteiger partial charge on any atom is -0.488 e. The smallest absolute Gasteiger partial charge is 0.308 e. The fourth-order valence-electron chi connectivity index (χ4n) is 2.02. The number of halogens is 1. The number of carboxylic acid groups (broad SMARTS) is 1. The van der Waals surface area contributed by atoms with Crippen molar-refractivity contribution in [3.05, 3.63) is 33.8 Å². The second-order valence-corrected chi connectivity index (χ2v) is 5.71. The lowest BCUT2D eigenvalue weighted by molar-refractivity contribution is -0.141. The lowest BCUT2D eigenvalue weighted by Crippen LogP contribution is -2.35. The van der Waals surface area contributed by atoms with Crippen LogP contribution in [0.1, 0.15) is 18.9 Å². The number of nitrogens with one attached hydrogen (secondary N) is 1. The van der Waals surface area contributed by atoms with Crippen LogP contribution < -0.4 is 10.1 Å². The van der Waals surface area contributed by atoms with Crippen molar-refractivity contribution in [2.75, 3.05) is 13.2 Å². The highest BCUT2D eigenvalue weighted by atomic mass is 79.9. The summed E-state index contributed by atoms with van der Waals surface area (Å²) < 4.78 is 6.43. The molecule has 1 aliphatic rings. The van der Waals surface area contributed by atoms with Gasteiger partial charge in [-0.1, -0.05) is 22.9 Å². The van der Waals surface area contributed by atoms with Gasteiger partial charge >= 0.3 is 5.97 Å². The maximum absolute atomic E-state index is 12.1. The molecule has 5 nitrogen and oxygen atoms in total. The van der Waals surface area contributed by atoms with Crippen molar-refractivity contribution in [2.24, 2.45) is 5.92 Å². The second kappa shape index (κ2) is 6.76. The van der Waals surface area contributed by atoms with Gasteiger partial charge in [-0.2, -0.15) is 0 Å². The highest BCUT2D eigenvalue weighted by Gasteiger charge is 2.20. The Morgan fingerprint density at radius 2 is 2.24 bits per heavy atom. The minimum atomic E-state index is -0.902. The third-order valence-electron chi connectivity index (χ3n) is 3.33. The van der Waals surface area contributed by atoms with E-state index < -0.39 is 11.9 Å². The van der Waals surface area contributed by atoms with Crippen molar-refractivity contribution in [1.82, 2.24) is 5.32 Å². The van der Waals surface area contributed by atoms with E-state index in [0.29, 0.717) is 12.0 Å². The third-order valence-corrected chi connectivity index (χ3v) is 3.82. The maximum Gasteiger partial charge on any atom is 0.308 e. The van der Waals surface area contributed by atoms with Crippen LogP contribution in [0.25, 0.3) is 6.08 Å². The Bertz CT molecular complexity index is 597. The van der Waals surface area contributed by atoms with Crippen LogP contribution in [0.4, 0.5) is 0 Å². The fourth-order valence-corrected chi connectivity index (χ4v) is 2.39. The number of aliphatic carboxylic acids is 1. The number of hydrogen-bond acceptors (Lipinski definition) is 3. The molecule has 0 saturated heterocycles. The monoisotopic (exact) mass is 353 g/mol. The number of benzene rings is 1. The molecule has 1 aliphatic heterocycles. The van der Waals surface area contributed by atoms with E-state index in [-0.39, 0.29) is 19.1 Å². The normalized spacial score (nSPS) is 14.5. The van der Waals surface area contributed by atoms with Gasteiger partial charge < -0.3 is 15.2 Å². The number of hydrogen-bond donors (Lipinski definition) is 2. The molecule has 1 aromatic carbocycles. The second-order valence-electron chi connectivity index (χ2n) is 4.79. The Morgan fingerprint density at radius 3 is 2.90 bits per heavy atom. The average molecular weight is 354 g/mol. The molecule has 1 aromatic rings. The molecule has 0 fully saturated rings. The molecule has 2 N–H and O–H groups in total. The van der Waals surface area contributed by atoms with E-state index >= 15 is 0 Å². The highest BCUT2D eigenvalue weighted by molar-refractivity contribution is 9.10. The number of carbonyl (C=O) groups is 2. The first-order chi connectivity index (χ1) is 10.0. The predicted molar refractivity (Wildman–Crippen MR) is 82.0 cm³/mol. The lowest BCUT2D eigenvalue weighted by atomic mass is 10.1. The Kier molecular flexibility index (Phi) is 5.01. The Balaban J connectivity index is 2.05. The largest absolute Gasteiger partial charge is 0.488 e. The summed E-state index contributed by atoms with van der Waals surface area (Å²) >= 11 is 3.37. The van der Waals surface area contributed by atoms with Gasteiger partial charge in [0.15, 0.2) is 0 Å². The fraction of sp³-hybridized carbons (Fsp3) is 0.333. The highest BCUT2D eigenvalue weighted by Crippen LogP contribution is 2.29. The summed E-state index contributed by atoms with van der Waals surface area (Å²) in [5, 5.41) is 11.6. The molecular formula is C15H16BrNO4. The molecule has 0 aliphatic carbocycles. The maximum atomic E-state index is 12.1. The van der Waals surface area contributed by atoms with Crippen LogP contribution in [0.2, 0.25) is 0 Å². The van der Waals surface area contributed by atoms with Crippen molar-refractivity contribution in [3.8, 4) is 5.75 Å². The van der Waals surface area contributed by atoms with Gasteiger partial charge in [0.25, 0.3) is 5.91 Å². The van der Waals surface area contributed by atoms with Crippen molar-refractivity contribution < 1.29 is 19.4 Å². The predicted octanol–water partition coefficient (Wildman–Crippen LogP) is 2.45. The minimum absolute atomic E-state index is 0.118. The van der Waals surface area contributed by atoms with E-state index in [1.54, 1.807) is 13.0 Å². The van der Waals surface area contributed by atoms with Gasteiger partial charge in [-0.15, -0.1) is 0 Å². The van der Waals surface area contributed by atoms with Gasteiger partial charge in [0.1, 0.15) is 12.4 Å². The first kappa shape index (κ1) is 15.6. The van der Waals surface area contributed by atoms with Crippen LogP contribution in [0.5, 0.6) is 5.75 Å². The van der Waals surface area contributed by atoms with Crippen molar-refractivity contribution in [1.29, 1.82) is 0 Å². The van der Waals surface area contributed by atoms with Gasteiger partial charge in [-0.25, -0.2) is 0 Å². The van der Waals surface area contributed by atoms with E-state index in [2.05, 4.69) is 21.2 Å². The molecule has 1 atom stereocenters. The third kappa shape index (κ3) is 3.85. The van der Waals surface area contributed by atoms with Gasteiger partial charge in [0, 0.05) is 16.6 Å². The number of rotatable bonds is 5. The molecule has 1 amide bonds. The summed E-state index contributed by atoms with van der Waals surface area (Å²) in [6.07, 6.45) is 2.24. The van der Waals surface area contributed by atoms with Crippen molar-refractivity contribution in [2.45, 2.75) is 13.3 Å². The Labute approximate surface area is 131 Å². The van der Waals surface area contributed by atoms with E-state index in [1.165, 1.54) is 0 Å². The molecular weight excluding hydrogens is 338 g/mol. The number of carboxylic acids is 1. The molecule has 0 bridgehead atoms. The summed E-state index contributed by atoms with van der Waals surface area (Å²) in [5.74, 6) is -1.03. The number of amides is 1. The van der Waals surface area contributed by atoms with Crippen LogP contribution in [-0.2, 0) is 9.59 Å². The number of fused-ring (bicyclic) bond motifs is 1. The Morgan fingerprint density at radius 1 is 1.48 bits per heavy atom. The molecule has 1 unspecified atom stereocenters. The van der Waals surface area contributed by atoms with E-state index in [0.717, 1.165) is 15.8 Å². The SMILES string of the molecule is CCC(CNC(=O)C1=Cc2cc(Br)ccc2OC1)C(=O)O. The zero-order chi connectivity index (χ0) is 15.4. The Hall–Kier alpha value is -1.82. The van der Waals surface area contributed by atoms with Gasteiger partial charge in [-0.05, 0) is 30.7 Å². The summed E-state index contributed by atoms with van der Waals surface area (Å²) in [7, 11) is 0. The summed E-state index contributed by atoms with van der Waals surface area (Å²) in [6, 6.07) is 5.58. The summed E-state index contributed by atoms with van der Waals surface area (Å²) in [6.45, 7) is 2.08. The first-order valence-corrected chi connectivity index (χ1v) is 7.44. The molecule has 0 radical (unpaired) electrons. The number of carbonyl (C=O) groups excluding carboxylic acids is 1. The van der Waals surface area contributed by atoms with E-state index in [1.807, 2.05) is 18.2 Å². The summed E-state index contributed by atoms with van der Waals surface area (Å²) in [5.41, 5.74) is 1.31. The molecule has 0 saturated carbocycles. The van der Waals surface area contributed by atoms with Gasteiger partial charge in [0.05, 0.1) is 11.5 Å². The first-order valence-electron chi connectivity index (χ1n) is 6.65. The number of ether oxygens (including phenoxy) is 1. The summed E-state index contributed by atoms with van der Waals surface area (Å²) in [4.78, 5) is 23.0. The van der Waals surface area contributed by atoms with Crippen LogP contribution >= 0.6 is 15.9 Å². The molecule has 112 valence electrons. The van der Waals surface area contributed by atoms with E-state index in [9.17, 15) is 9.59 Å². The van der Waals surface area contributed by atoms with Crippen LogP contribution in [0.15, 0.2) is 28.2 Å². The zero-order valence-corrected chi connectivity index (χ0v) is 13.1. The molecule has 6 heteroatoms. The van der Waals surface area contributed by atoms with Gasteiger partial charge in [-0.3, -0.25) is 9.59 Å². The zero-order valence-electron chi connectivity index (χ0n) is 11.6.